The molecule has 0 aliphatic heterocycles. The summed E-state index contributed by atoms with van der Waals surface area (Å²) in [5.74, 6) is 0. The van der Waals surface area contributed by atoms with Crippen molar-refractivity contribution in [3.63, 3.8) is 0 Å². The Bertz CT molecular complexity index is 646. The molecular formula is C10Br21. The van der Waals surface area contributed by atoms with Crippen molar-refractivity contribution in [2.75, 3.05) is 0 Å². The number of rotatable bonds is 7. The summed E-state index contributed by atoms with van der Waals surface area (Å²) in [6, 6.07) is 0. The Morgan fingerprint density at radius 1 is 0.323 bits per heavy atom. The molecule has 0 rings (SSSR count). The molecule has 0 amide bonds. The molecule has 0 atom stereocenters. The van der Waals surface area contributed by atoms with Crippen LogP contribution in [0.4, 0.5) is 0 Å². The topological polar surface area (TPSA) is 0 Å². The van der Waals surface area contributed by atoms with E-state index >= 15 is 0 Å². The fraction of sp³-hybridized carbons (Fsp3) is 0.900. The van der Waals surface area contributed by atoms with E-state index in [2.05, 4.69) is 335 Å². The van der Waals surface area contributed by atoms with Crippen molar-refractivity contribution < 1.29 is 0 Å². The van der Waals surface area contributed by atoms with Crippen LogP contribution >= 0.6 is 335 Å². The van der Waals surface area contributed by atoms with Gasteiger partial charge in [-0.25, -0.2) is 0 Å². The van der Waals surface area contributed by atoms with E-state index in [9.17, 15) is 0 Å². The van der Waals surface area contributed by atoms with E-state index in [-0.39, 0.29) is 0 Å². The molecule has 0 aromatic rings. The molecule has 0 heterocycles. The number of hydrogen-bond acceptors (Lipinski definition) is 0. The van der Waals surface area contributed by atoms with E-state index in [0.717, 1.165) is 0 Å². The molecule has 0 saturated heterocycles. The fourth-order valence-electron chi connectivity index (χ4n) is 1.48. The summed E-state index contributed by atoms with van der Waals surface area (Å²) in [5.41, 5.74) is 0. The van der Waals surface area contributed by atoms with Gasteiger partial charge in [-0.2, -0.15) is 0 Å². The molecule has 21 heteroatoms. The summed E-state index contributed by atoms with van der Waals surface area (Å²) in [6.07, 6.45) is 0. The second kappa shape index (κ2) is 13.6. The first-order valence-corrected chi connectivity index (χ1v) is 22.9. The fourth-order valence-corrected chi connectivity index (χ4v) is 20.1. The summed E-state index contributed by atoms with van der Waals surface area (Å²) in [5, 5.41) is 0. The van der Waals surface area contributed by atoms with Gasteiger partial charge in [0.25, 0.3) is 0 Å². The van der Waals surface area contributed by atoms with Crippen LogP contribution in [0.3, 0.4) is 0 Å². The third kappa shape index (κ3) is 8.03. The highest BCUT2D eigenvalue weighted by Gasteiger charge is 2.78. The molecule has 187 valence electrons. The van der Waals surface area contributed by atoms with E-state index in [0.29, 0.717) is 4.83 Å². The summed E-state index contributed by atoms with van der Waals surface area (Å²) in [4.78, 5) is 0.703. The molecule has 0 fully saturated rings. The van der Waals surface area contributed by atoms with Gasteiger partial charge in [-0.15, -0.1) is 0 Å². The first-order chi connectivity index (χ1) is 12.9. The normalized spacial score (nSPS) is 16.8. The Balaban J connectivity index is 6.84. The van der Waals surface area contributed by atoms with Gasteiger partial charge in [0.1, 0.15) is 27.5 Å². The molecule has 1 radical (unpaired) electrons. The van der Waals surface area contributed by atoms with Crippen molar-refractivity contribution >= 4 is 335 Å². The quantitative estimate of drug-likeness (QED) is 0.223. The summed E-state index contributed by atoms with van der Waals surface area (Å²) >= 11 is 78.5. The van der Waals surface area contributed by atoms with Gasteiger partial charge in [0.2, 0.25) is 0 Å². The molecule has 0 spiro atoms. The van der Waals surface area contributed by atoms with Gasteiger partial charge in [-0.1, -0.05) is 335 Å². The van der Waals surface area contributed by atoms with Gasteiger partial charge in [0.05, 0.1) is 0 Å². The van der Waals surface area contributed by atoms with Crippen LogP contribution in [0.2, 0.25) is 0 Å². The lowest BCUT2D eigenvalue weighted by Crippen LogP contribution is -2.68. The molecule has 0 bridgehead atoms. The van der Waals surface area contributed by atoms with Crippen LogP contribution in [-0.4, -0.2) is 26.9 Å². The van der Waals surface area contributed by atoms with Crippen LogP contribution < -0.4 is 0 Å². The minimum Gasteiger partial charge on any atom is -0.0775 e. The maximum absolute atomic E-state index is 3.87. The van der Waals surface area contributed by atoms with Crippen LogP contribution in [0, 0.1) is 4.83 Å². The van der Waals surface area contributed by atoms with Crippen molar-refractivity contribution in [1.82, 2.24) is 0 Å². The summed E-state index contributed by atoms with van der Waals surface area (Å²) in [7, 11) is 0. The van der Waals surface area contributed by atoms with Crippen LogP contribution in [0.15, 0.2) is 0 Å². The van der Waals surface area contributed by atoms with E-state index in [1.54, 1.807) is 0 Å². The lowest BCUT2D eigenvalue weighted by Gasteiger charge is -2.58. The Morgan fingerprint density at radius 2 is 0.548 bits per heavy atom. The molecule has 0 aliphatic rings. The molecule has 0 aliphatic carbocycles. The van der Waals surface area contributed by atoms with Crippen molar-refractivity contribution in [2.45, 2.75) is 26.9 Å². The molecule has 0 aromatic heterocycles. The SMILES string of the molecule is Br[C](C(Br)(Br)Br)C(Br)(Br)C(Br)(Br)C(Br)(Br)C(Br)(Br)C(Br)(Br)C(Br)(Br)C(Br)(Br)C(Br)(Br)Br. The highest BCUT2D eigenvalue weighted by molar-refractivity contribution is 9.42. The Hall–Kier alpha value is 10.1. The molecule has 0 aromatic carbocycles. The molecule has 0 saturated carbocycles. The van der Waals surface area contributed by atoms with Gasteiger partial charge >= 0.3 is 0 Å². The molecule has 0 nitrogen and oxygen atoms in total. The average Bonchev–Trinajstić information content (AvgIpc) is 2.50. The monoisotopic (exact) mass is 1780 g/mol. The van der Waals surface area contributed by atoms with E-state index in [1.165, 1.54) is 0 Å². The molecule has 31 heavy (non-hydrogen) atoms. The van der Waals surface area contributed by atoms with Crippen LogP contribution in [0.5, 0.6) is 0 Å². The molecular weight excluding hydrogens is 1800 g/mol. The third-order valence-corrected chi connectivity index (χ3v) is 42.3. The second-order valence-corrected chi connectivity index (χ2v) is 43.7. The minimum absolute atomic E-state index is 0.703. The third-order valence-electron chi connectivity index (χ3n) is 3.25. The smallest absolute Gasteiger partial charge is 0.0775 e. The van der Waals surface area contributed by atoms with Crippen LogP contribution in [0.25, 0.3) is 0 Å². The molecule has 0 N–H and O–H groups in total. The van der Waals surface area contributed by atoms with Gasteiger partial charge in [-0.05, 0) is 0 Å². The van der Waals surface area contributed by atoms with Gasteiger partial charge < -0.3 is 0 Å². The lowest BCUT2D eigenvalue weighted by molar-refractivity contribution is 0.589. The van der Waals surface area contributed by atoms with Crippen LogP contribution in [0.1, 0.15) is 0 Å². The Labute approximate surface area is 357 Å². The first kappa shape index (κ1) is 41.1. The van der Waals surface area contributed by atoms with Crippen molar-refractivity contribution in [3.05, 3.63) is 4.83 Å². The van der Waals surface area contributed by atoms with Crippen LogP contribution in [-0.2, 0) is 0 Å². The summed E-state index contributed by atoms with van der Waals surface area (Å²) in [6.45, 7) is 0. The average molecular weight is 1800 g/mol. The van der Waals surface area contributed by atoms with Crippen molar-refractivity contribution in [3.8, 4) is 0 Å². The standard InChI is InChI=1S/C10Br21/c11-1(3(14,15)16)2(12,13)4(17,18)5(19,20)6(21,22)7(23,24)8(25,26)9(27,28)10(29,30)31. The van der Waals surface area contributed by atoms with Gasteiger partial charge in [0.15, 0.2) is 4.29 Å². The lowest BCUT2D eigenvalue weighted by atomic mass is 10.1. The second-order valence-electron chi connectivity index (χ2n) is 5.33. The van der Waals surface area contributed by atoms with Gasteiger partial charge in [-0.3, -0.25) is 0 Å². The Morgan fingerprint density at radius 3 is 0.774 bits per heavy atom. The minimum atomic E-state index is -1.06. The maximum Gasteiger partial charge on any atom is 0.162 e. The zero-order chi connectivity index (χ0) is 26.1. The van der Waals surface area contributed by atoms with Gasteiger partial charge in [0, 0.05) is 0 Å². The maximum atomic E-state index is 3.87. The van der Waals surface area contributed by atoms with E-state index in [4.69, 9.17) is 0 Å². The van der Waals surface area contributed by atoms with E-state index in [1.807, 2.05) is 0 Å². The van der Waals surface area contributed by atoms with Crippen molar-refractivity contribution in [2.24, 2.45) is 0 Å². The highest BCUT2D eigenvalue weighted by atomic mass is 80.0. The first-order valence-electron chi connectivity index (χ1n) is 6.22. The Kier molecular flexibility index (Phi) is 18.0. The zero-order valence-electron chi connectivity index (χ0n) is 12.9. The zero-order valence-corrected chi connectivity index (χ0v) is 46.2. The predicted octanol–water partition coefficient (Wildman–Crippen LogP) is 16.0. The highest BCUT2D eigenvalue weighted by Crippen LogP contribution is 2.79. The van der Waals surface area contributed by atoms with Crippen molar-refractivity contribution in [1.29, 1.82) is 0 Å². The number of alkyl halides is 20. The molecule has 0 unspecified atom stereocenters. The van der Waals surface area contributed by atoms with E-state index < -0.39 is 26.9 Å². The number of hydrogen-bond donors (Lipinski definition) is 0. The summed E-state index contributed by atoms with van der Waals surface area (Å²) < 4.78 is -8.53. The number of halogens is 21. The predicted molar refractivity (Wildman–Crippen MR) is 215 cm³/mol. The largest absolute Gasteiger partial charge is 0.162 e.